The number of hydrogen-bond acceptors (Lipinski definition) is 8. The van der Waals surface area contributed by atoms with Crippen molar-refractivity contribution in [2.75, 3.05) is 11.9 Å². The van der Waals surface area contributed by atoms with Gasteiger partial charge in [-0.3, -0.25) is 10.1 Å². The zero-order valence-electron chi connectivity index (χ0n) is 16.4. The lowest BCUT2D eigenvalue weighted by Crippen LogP contribution is -2.68. The number of aliphatic hydroxyl groups is 3. The zero-order chi connectivity index (χ0) is 21.4. The van der Waals surface area contributed by atoms with Crippen molar-refractivity contribution in [2.45, 2.75) is 57.3 Å². The molecule has 1 aromatic rings. The van der Waals surface area contributed by atoms with Crippen LogP contribution in [-0.2, 0) is 14.4 Å². The minimum absolute atomic E-state index is 0.280. The van der Waals surface area contributed by atoms with E-state index in [1.165, 1.54) is 0 Å². The smallest absolute Gasteiger partial charge is 0.394 e. The van der Waals surface area contributed by atoms with Gasteiger partial charge in [0.25, 0.3) is 0 Å². The number of hydroxylamine groups is 1. The number of nitrogens with one attached hydrogen (secondary N) is 3. The molecule has 2 rings (SSSR count). The van der Waals surface area contributed by atoms with Crippen molar-refractivity contribution in [2.24, 2.45) is 5.92 Å². The Morgan fingerprint density at radius 3 is 2.38 bits per heavy atom. The van der Waals surface area contributed by atoms with E-state index in [0.717, 1.165) is 0 Å². The van der Waals surface area contributed by atoms with Gasteiger partial charge in [-0.15, -0.1) is 5.48 Å². The first kappa shape index (κ1) is 23.0. The molecule has 0 aromatic heterocycles. The largest absolute Gasteiger partial charge is 0.430 e. The van der Waals surface area contributed by atoms with Crippen LogP contribution >= 0.6 is 0 Å². The first-order chi connectivity index (χ1) is 13.9. The molecule has 29 heavy (non-hydrogen) atoms. The molecular weight excluding hydrogens is 382 g/mol. The van der Waals surface area contributed by atoms with Gasteiger partial charge in [-0.05, 0) is 25.0 Å². The highest BCUT2D eigenvalue weighted by atomic mass is 16.7. The van der Waals surface area contributed by atoms with Crippen LogP contribution in [0.4, 0.5) is 10.5 Å². The first-order valence-electron chi connectivity index (χ1n) is 9.62. The second-order valence-corrected chi connectivity index (χ2v) is 6.81. The van der Waals surface area contributed by atoms with Crippen LogP contribution in [0.15, 0.2) is 30.3 Å². The van der Waals surface area contributed by atoms with Crippen molar-refractivity contribution in [1.29, 1.82) is 0 Å². The van der Waals surface area contributed by atoms with Crippen molar-refractivity contribution in [3.8, 4) is 0 Å². The fourth-order valence-electron chi connectivity index (χ4n) is 3.10. The lowest BCUT2D eigenvalue weighted by atomic mass is 9.94. The number of rotatable bonds is 8. The summed E-state index contributed by atoms with van der Waals surface area (Å²) >= 11 is 0. The Kier molecular flexibility index (Phi) is 8.80. The Bertz CT molecular complexity index is 656. The maximum absolute atomic E-state index is 12.4. The number of benzene rings is 1. The van der Waals surface area contributed by atoms with Crippen molar-refractivity contribution in [3.63, 3.8) is 0 Å². The van der Waals surface area contributed by atoms with Gasteiger partial charge in [0.1, 0.15) is 18.3 Å². The third-order valence-corrected chi connectivity index (χ3v) is 4.88. The standard InChI is InChI=1S/C19H29N3O7/c1-3-11(4-2)17(26)21-14-16(25)15(24)13(10-23)28-18(14)22-29-19(27)20-12-8-6-5-7-9-12/h5-9,11,13-16,18,22-25H,3-4,10H2,1-2H3,(H,20,27)(H,21,26)/t13-,14-,15-,16-,18?/m1/s1. The molecule has 0 bridgehead atoms. The lowest BCUT2D eigenvalue weighted by Gasteiger charge is -2.42. The highest BCUT2D eigenvalue weighted by Gasteiger charge is 2.46. The minimum Gasteiger partial charge on any atom is -0.394 e. The second kappa shape index (κ2) is 11.1. The molecule has 2 amide bonds. The van der Waals surface area contributed by atoms with E-state index in [9.17, 15) is 24.9 Å². The average molecular weight is 411 g/mol. The molecule has 5 atom stereocenters. The van der Waals surface area contributed by atoms with Gasteiger partial charge >= 0.3 is 6.09 Å². The van der Waals surface area contributed by atoms with Gasteiger partial charge in [-0.2, -0.15) is 0 Å². The Balaban J connectivity index is 2.04. The van der Waals surface area contributed by atoms with Crippen LogP contribution in [0.3, 0.4) is 0 Å². The second-order valence-electron chi connectivity index (χ2n) is 6.81. The monoisotopic (exact) mass is 411 g/mol. The molecule has 1 fully saturated rings. The van der Waals surface area contributed by atoms with Gasteiger partial charge in [0.05, 0.1) is 12.6 Å². The summed E-state index contributed by atoms with van der Waals surface area (Å²) in [6.07, 6.45) is -4.83. The van der Waals surface area contributed by atoms with Crippen molar-refractivity contribution < 1.29 is 34.5 Å². The van der Waals surface area contributed by atoms with E-state index in [0.29, 0.717) is 18.5 Å². The average Bonchev–Trinajstić information content (AvgIpc) is 2.72. The quantitative estimate of drug-likeness (QED) is 0.330. The predicted molar refractivity (Wildman–Crippen MR) is 103 cm³/mol. The van der Waals surface area contributed by atoms with Crippen LogP contribution in [0, 0.1) is 5.92 Å². The molecule has 1 aromatic carbocycles. The molecule has 162 valence electrons. The third kappa shape index (κ3) is 6.12. The molecule has 10 nitrogen and oxygen atoms in total. The molecule has 1 unspecified atom stereocenters. The highest BCUT2D eigenvalue weighted by molar-refractivity contribution is 5.84. The summed E-state index contributed by atoms with van der Waals surface area (Å²) in [6, 6.07) is 7.49. The number of hydrogen-bond donors (Lipinski definition) is 6. The van der Waals surface area contributed by atoms with E-state index in [1.54, 1.807) is 30.3 Å². The van der Waals surface area contributed by atoms with Crippen LogP contribution in [0.2, 0.25) is 0 Å². The van der Waals surface area contributed by atoms with Gasteiger partial charge in [0.15, 0.2) is 6.23 Å². The van der Waals surface area contributed by atoms with Gasteiger partial charge in [0.2, 0.25) is 5.91 Å². The lowest BCUT2D eigenvalue weighted by molar-refractivity contribution is -0.222. The fraction of sp³-hybridized carbons (Fsp3) is 0.579. The Labute approximate surface area is 169 Å². The topological polar surface area (TPSA) is 149 Å². The summed E-state index contributed by atoms with van der Waals surface area (Å²) in [5.74, 6) is -0.601. The summed E-state index contributed by atoms with van der Waals surface area (Å²) in [5, 5.41) is 35.1. The molecular formula is C19H29N3O7. The maximum Gasteiger partial charge on any atom is 0.430 e. The van der Waals surface area contributed by atoms with E-state index >= 15 is 0 Å². The molecule has 6 N–H and O–H groups in total. The van der Waals surface area contributed by atoms with Crippen LogP contribution < -0.4 is 16.1 Å². The number of carbonyl (C=O) groups excluding carboxylic acids is 2. The molecule has 1 aliphatic rings. The van der Waals surface area contributed by atoms with Gasteiger partial charge in [-0.25, -0.2) is 4.79 Å². The van der Waals surface area contributed by atoms with Crippen LogP contribution in [0.1, 0.15) is 26.7 Å². The molecule has 0 spiro atoms. The summed E-state index contributed by atoms with van der Waals surface area (Å²) in [6.45, 7) is 3.16. The molecule has 1 heterocycles. The Morgan fingerprint density at radius 2 is 1.79 bits per heavy atom. The normalized spacial score (nSPS) is 26.8. The van der Waals surface area contributed by atoms with E-state index in [1.807, 2.05) is 13.8 Å². The van der Waals surface area contributed by atoms with E-state index in [-0.39, 0.29) is 11.8 Å². The minimum atomic E-state index is -1.45. The fourth-order valence-corrected chi connectivity index (χ4v) is 3.10. The molecule has 0 aliphatic carbocycles. The predicted octanol–water partition coefficient (Wildman–Crippen LogP) is 0.0997. The number of ether oxygens (including phenoxy) is 1. The summed E-state index contributed by atoms with van der Waals surface area (Å²) < 4.78 is 5.49. The SMILES string of the molecule is CCC(CC)C(=O)N[C@H]1C(NOC(=O)Nc2ccccc2)O[C@H](CO)[C@@H](O)[C@@H]1O. The molecule has 1 aliphatic heterocycles. The zero-order valence-corrected chi connectivity index (χ0v) is 16.4. The number of para-hydroxylation sites is 1. The number of aliphatic hydroxyl groups excluding tert-OH is 3. The van der Waals surface area contributed by atoms with E-state index < -0.39 is 43.3 Å². The Hall–Kier alpha value is -2.24. The highest BCUT2D eigenvalue weighted by Crippen LogP contribution is 2.21. The summed E-state index contributed by atoms with van der Waals surface area (Å²) in [5.41, 5.74) is 2.86. The van der Waals surface area contributed by atoms with E-state index in [4.69, 9.17) is 9.57 Å². The van der Waals surface area contributed by atoms with Crippen LogP contribution in [0.25, 0.3) is 0 Å². The molecule has 1 saturated heterocycles. The number of anilines is 1. The van der Waals surface area contributed by atoms with E-state index in [2.05, 4.69) is 16.1 Å². The molecule has 10 heteroatoms. The van der Waals surface area contributed by atoms with Gasteiger partial charge in [0, 0.05) is 11.6 Å². The molecule has 0 radical (unpaired) electrons. The van der Waals surface area contributed by atoms with Crippen molar-refractivity contribution in [3.05, 3.63) is 30.3 Å². The molecule has 0 saturated carbocycles. The van der Waals surface area contributed by atoms with Crippen LogP contribution in [0.5, 0.6) is 0 Å². The van der Waals surface area contributed by atoms with Gasteiger partial charge in [-0.1, -0.05) is 32.0 Å². The number of amides is 2. The first-order valence-corrected chi connectivity index (χ1v) is 9.62. The van der Waals surface area contributed by atoms with Crippen LogP contribution in [-0.4, -0.2) is 64.5 Å². The summed E-state index contributed by atoms with van der Waals surface area (Å²) in [7, 11) is 0. The third-order valence-electron chi connectivity index (χ3n) is 4.88. The maximum atomic E-state index is 12.4. The van der Waals surface area contributed by atoms with Crippen molar-refractivity contribution in [1.82, 2.24) is 10.8 Å². The van der Waals surface area contributed by atoms with Crippen molar-refractivity contribution >= 4 is 17.7 Å². The number of carbonyl (C=O) groups is 2. The summed E-state index contributed by atoms with van der Waals surface area (Å²) in [4.78, 5) is 29.4. The van der Waals surface area contributed by atoms with Gasteiger partial charge < -0.3 is 30.2 Å². The Morgan fingerprint density at radius 1 is 1.14 bits per heavy atom.